The third-order valence-corrected chi connectivity index (χ3v) is 7.88. The highest BCUT2D eigenvalue weighted by Crippen LogP contribution is 2.32. The molecular formula is C34H71N. The van der Waals surface area contributed by atoms with Crippen LogP contribution in [0.5, 0.6) is 0 Å². The van der Waals surface area contributed by atoms with Gasteiger partial charge in [0.25, 0.3) is 0 Å². The van der Waals surface area contributed by atoms with E-state index in [4.69, 9.17) is 0 Å². The Bertz CT molecular complexity index is 393. The fourth-order valence-corrected chi connectivity index (χ4v) is 6.06. The first-order chi connectivity index (χ1) is 16.7. The molecule has 0 aliphatic carbocycles. The molecular weight excluding hydrogens is 422 g/mol. The van der Waals surface area contributed by atoms with E-state index in [9.17, 15) is 0 Å². The molecule has 0 fully saturated rings. The van der Waals surface area contributed by atoms with Crippen molar-refractivity contribution < 1.29 is 0 Å². The smallest absolute Gasteiger partial charge is 0.0158 e. The number of unbranched alkanes of at least 4 members (excludes halogenated alkanes) is 20. The van der Waals surface area contributed by atoms with Crippen molar-refractivity contribution in [1.29, 1.82) is 0 Å². The minimum absolute atomic E-state index is 0.315. The third kappa shape index (κ3) is 24.1. The maximum Gasteiger partial charge on any atom is 0.0158 e. The highest BCUT2D eigenvalue weighted by atomic mass is 15.2. The van der Waals surface area contributed by atoms with Gasteiger partial charge in [0, 0.05) is 5.54 Å². The van der Waals surface area contributed by atoms with Crippen molar-refractivity contribution in [3.8, 4) is 0 Å². The minimum atomic E-state index is 0.315. The van der Waals surface area contributed by atoms with Gasteiger partial charge in [-0.2, -0.15) is 0 Å². The Morgan fingerprint density at radius 3 is 0.886 bits per heavy atom. The van der Waals surface area contributed by atoms with Crippen LogP contribution in [0.1, 0.15) is 196 Å². The highest BCUT2D eigenvalue weighted by Gasteiger charge is 2.30. The lowest BCUT2D eigenvalue weighted by Crippen LogP contribution is -2.47. The molecule has 0 radical (unpaired) electrons. The molecule has 0 aromatic heterocycles. The summed E-state index contributed by atoms with van der Waals surface area (Å²) in [5.74, 6) is 0. The summed E-state index contributed by atoms with van der Waals surface area (Å²) in [4.78, 5) is 2.86. The van der Waals surface area contributed by atoms with E-state index in [1.54, 1.807) is 0 Å². The van der Waals surface area contributed by atoms with Crippen LogP contribution in [0.25, 0.3) is 0 Å². The van der Waals surface area contributed by atoms with E-state index >= 15 is 0 Å². The van der Waals surface area contributed by atoms with Crippen molar-refractivity contribution in [3.63, 3.8) is 0 Å². The minimum Gasteiger partial charge on any atom is -0.298 e. The van der Waals surface area contributed by atoms with Crippen molar-refractivity contribution in [1.82, 2.24) is 4.90 Å². The molecule has 0 spiro atoms. The van der Waals surface area contributed by atoms with Gasteiger partial charge in [0.1, 0.15) is 0 Å². The van der Waals surface area contributed by atoms with Crippen LogP contribution in [0.2, 0.25) is 0 Å². The van der Waals surface area contributed by atoms with E-state index in [2.05, 4.69) is 53.4 Å². The normalized spacial score (nSPS) is 12.7. The van der Waals surface area contributed by atoms with Gasteiger partial charge in [0.05, 0.1) is 0 Å². The molecule has 0 atom stereocenters. The van der Waals surface area contributed by atoms with E-state index in [1.807, 2.05) is 0 Å². The van der Waals surface area contributed by atoms with Crippen molar-refractivity contribution in [3.05, 3.63) is 0 Å². The van der Waals surface area contributed by atoms with Gasteiger partial charge in [-0.15, -0.1) is 0 Å². The summed E-state index contributed by atoms with van der Waals surface area (Å²) < 4.78 is 0. The molecule has 0 bridgehead atoms. The Labute approximate surface area is 225 Å². The first-order valence-corrected chi connectivity index (χ1v) is 16.5. The summed E-state index contributed by atoms with van der Waals surface area (Å²) in [5, 5.41) is 0. The quantitative estimate of drug-likeness (QED) is 0.108. The van der Waals surface area contributed by atoms with Gasteiger partial charge in [0.15, 0.2) is 0 Å². The van der Waals surface area contributed by atoms with Gasteiger partial charge in [-0.05, 0) is 51.6 Å². The van der Waals surface area contributed by atoms with Crippen molar-refractivity contribution in [2.45, 2.75) is 202 Å². The lowest BCUT2D eigenvalue weighted by Gasteiger charge is -2.43. The van der Waals surface area contributed by atoms with E-state index in [0.717, 1.165) is 0 Å². The average molecular weight is 494 g/mol. The number of hydrogen-bond donors (Lipinski definition) is 0. The van der Waals surface area contributed by atoms with Gasteiger partial charge < -0.3 is 0 Å². The molecule has 0 N–H and O–H groups in total. The largest absolute Gasteiger partial charge is 0.298 e. The molecule has 1 heteroatoms. The average Bonchev–Trinajstić information content (AvgIpc) is 2.77. The van der Waals surface area contributed by atoms with E-state index in [0.29, 0.717) is 11.0 Å². The molecule has 1 nitrogen and oxygen atoms in total. The summed E-state index contributed by atoms with van der Waals surface area (Å²) >= 11 is 0. The molecule has 212 valence electrons. The molecule has 0 aliphatic rings. The second-order valence-corrected chi connectivity index (χ2v) is 13.6. The topological polar surface area (TPSA) is 3.24 Å². The Morgan fingerprint density at radius 2 is 0.629 bits per heavy atom. The summed E-state index contributed by atoms with van der Waals surface area (Å²) in [6.07, 6.45) is 32.9. The van der Waals surface area contributed by atoms with Crippen LogP contribution in [0, 0.1) is 5.41 Å². The Kier molecular flexibility index (Phi) is 23.1. The number of rotatable bonds is 26. The van der Waals surface area contributed by atoms with Crippen molar-refractivity contribution in [2.75, 3.05) is 13.1 Å². The third-order valence-electron chi connectivity index (χ3n) is 7.88. The number of hydrogen-bond acceptors (Lipinski definition) is 1. The van der Waals surface area contributed by atoms with Gasteiger partial charge in [-0.1, -0.05) is 163 Å². The van der Waals surface area contributed by atoms with Gasteiger partial charge >= 0.3 is 0 Å². The van der Waals surface area contributed by atoms with Crippen molar-refractivity contribution in [2.24, 2.45) is 5.41 Å². The van der Waals surface area contributed by atoms with Crippen LogP contribution in [0.3, 0.4) is 0 Å². The summed E-state index contributed by atoms with van der Waals surface area (Å²) in [7, 11) is 0. The first-order valence-electron chi connectivity index (χ1n) is 16.5. The van der Waals surface area contributed by atoms with Crippen LogP contribution >= 0.6 is 0 Å². The van der Waals surface area contributed by atoms with Crippen molar-refractivity contribution >= 4 is 0 Å². The van der Waals surface area contributed by atoms with E-state index in [1.165, 1.54) is 161 Å². The first kappa shape index (κ1) is 35.0. The van der Waals surface area contributed by atoms with E-state index in [-0.39, 0.29) is 0 Å². The Hall–Kier alpha value is -0.0400. The number of nitrogens with zero attached hydrogens (tertiary/aromatic N) is 1. The van der Waals surface area contributed by atoms with Crippen LogP contribution in [0.4, 0.5) is 0 Å². The maximum atomic E-state index is 2.86. The maximum absolute atomic E-state index is 2.86. The molecule has 0 aromatic carbocycles. The molecule has 35 heavy (non-hydrogen) atoms. The Balaban J connectivity index is 4.08. The Morgan fingerprint density at radius 1 is 0.371 bits per heavy atom. The second kappa shape index (κ2) is 23.1. The predicted octanol–water partition coefficient (Wildman–Crippen LogP) is 12.1. The molecule has 0 amide bonds. The predicted molar refractivity (Wildman–Crippen MR) is 163 cm³/mol. The lowest BCUT2D eigenvalue weighted by molar-refractivity contribution is 0.0730. The van der Waals surface area contributed by atoms with Crippen LogP contribution in [-0.4, -0.2) is 23.5 Å². The van der Waals surface area contributed by atoms with E-state index < -0.39 is 0 Å². The molecule has 0 aliphatic heterocycles. The molecule has 0 rings (SSSR count). The second-order valence-electron chi connectivity index (χ2n) is 13.6. The van der Waals surface area contributed by atoms with Crippen LogP contribution in [0.15, 0.2) is 0 Å². The molecule has 0 unspecified atom stereocenters. The van der Waals surface area contributed by atoms with Gasteiger partial charge in [-0.25, -0.2) is 0 Å². The summed E-state index contributed by atoms with van der Waals surface area (Å²) in [5.41, 5.74) is 0.714. The van der Waals surface area contributed by atoms with Crippen LogP contribution < -0.4 is 0 Å². The fraction of sp³-hybridized carbons (Fsp3) is 1.00. The zero-order valence-electron chi connectivity index (χ0n) is 26.1. The monoisotopic (exact) mass is 494 g/mol. The zero-order chi connectivity index (χ0) is 26.3. The highest BCUT2D eigenvalue weighted by molar-refractivity contribution is 4.86. The van der Waals surface area contributed by atoms with Crippen LogP contribution in [-0.2, 0) is 0 Å². The van der Waals surface area contributed by atoms with Gasteiger partial charge in [0.2, 0.25) is 0 Å². The lowest BCUT2D eigenvalue weighted by atomic mass is 9.80. The summed E-state index contributed by atoms with van der Waals surface area (Å²) in [6.45, 7) is 19.5. The van der Waals surface area contributed by atoms with Gasteiger partial charge in [-0.3, -0.25) is 4.90 Å². The SMILES string of the molecule is CCCCCCCCCCCCCN(CCCCCCCCCCCCC)C(C)(C)CC(C)(C)C. The molecule has 0 heterocycles. The standard InChI is InChI=1S/C34H71N/c1-8-10-12-14-16-18-20-22-24-26-28-30-35(34(6,7)32-33(3,4)5)31-29-27-25-23-21-19-17-15-13-11-9-2/h8-32H2,1-7H3. The molecule has 0 aromatic rings. The summed E-state index contributed by atoms with van der Waals surface area (Å²) in [6, 6.07) is 0. The molecule has 0 saturated heterocycles. The fourth-order valence-electron chi connectivity index (χ4n) is 6.06. The zero-order valence-corrected chi connectivity index (χ0v) is 26.1. The molecule has 0 saturated carbocycles.